The second-order valence-electron chi connectivity index (χ2n) is 3.56. The van der Waals surface area contributed by atoms with Gasteiger partial charge in [-0.15, -0.1) is 0 Å². The van der Waals surface area contributed by atoms with Crippen LogP contribution in [0.4, 0.5) is 4.79 Å². The number of nitrogens with one attached hydrogen (secondary N) is 2. The molecular formula is C10H14Cl3N3O5. The molecule has 0 saturated carbocycles. The number of aromatic nitrogens is 2. The molecular weight excluding hydrogens is 348 g/mol. The second-order valence-corrected chi connectivity index (χ2v) is 5.93. The molecule has 0 aliphatic heterocycles. The molecule has 1 aromatic heterocycles. The molecule has 0 saturated heterocycles. The topological polar surface area (TPSA) is 113 Å². The molecule has 0 aromatic carbocycles. The van der Waals surface area contributed by atoms with Crippen LogP contribution in [0.5, 0.6) is 0 Å². The van der Waals surface area contributed by atoms with Crippen molar-refractivity contribution in [3.63, 3.8) is 0 Å². The van der Waals surface area contributed by atoms with Crippen molar-refractivity contribution < 1.29 is 14.6 Å². The summed E-state index contributed by atoms with van der Waals surface area (Å²) in [4.78, 5) is 36.2. The number of aryl methyl sites for hydroxylation is 1. The number of aliphatic hydroxyl groups excluding tert-OH is 1. The smallest absolute Gasteiger partial charge is 0.408 e. The maximum absolute atomic E-state index is 11.7. The number of halogens is 3. The molecule has 1 amide bonds. The first-order chi connectivity index (χ1) is 9.66. The van der Waals surface area contributed by atoms with Gasteiger partial charge in [0.25, 0.3) is 5.56 Å². The average molecular weight is 363 g/mol. The molecule has 0 fully saturated rings. The van der Waals surface area contributed by atoms with Crippen molar-refractivity contribution in [3.05, 3.63) is 32.6 Å². The van der Waals surface area contributed by atoms with Gasteiger partial charge in [-0.2, -0.15) is 0 Å². The molecule has 3 N–H and O–H groups in total. The molecule has 1 unspecified atom stereocenters. The van der Waals surface area contributed by atoms with Gasteiger partial charge in [-0.25, -0.2) is 9.59 Å². The zero-order valence-electron chi connectivity index (χ0n) is 11.3. The van der Waals surface area contributed by atoms with E-state index < -0.39 is 27.3 Å². The number of hydrogen-bond acceptors (Lipinski definition) is 5. The van der Waals surface area contributed by atoms with Gasteiger partial charge in [-0.3, -0.25) is 19.7 Å². The Morgan fingerprint density at radius 2 is 1.95 bits per heavy atom. The Morgan fingerprint density at radius 1 is 1.43 bits per heavy atom. The number of carbonyl (C=O) groups excluding carboxylic acids is 1. The number of aromatic amines is 1. The normalized spacial score (nSPS) is 12.0. The van der Waals surface area contributed by atoms with Crippen molar-refractivity contribution in [3.8, 4) is 0 Å². The summed E-state index contributed by atoms with van der Waals surface area (Å²) in [5.41, 5.74) is -1.18. The predicted molar refractivity (Wildman–Crippen MR) is 79.1 cm³/mol. The monoisotopic (exact) mass is 361 g/mol. The van der Waals surface area contributed by atoms with E-state index in [4.69, 9.17) is 39.9 Å². The van der Waals surface area contributed by atoms with Gasteiger partial charge in [0.15, 0.2) is 6.17 Å². The summed E-state index contributed by atoms with van der Waals surface area (Å²) in [5.74, 6) is 0. The fourth-order valence-electron chi connectivity index (χ4n) is 1.26. The van der Waals surface area contributed by atoms with Gasteiger partial charge in [0, 0.05) is 18.9 Å². The first kappa shape index (κ1) is 19.8. The lowest BCUT2D eigenvalue weighted by Gasteiger charge is -2.26. The number of aliphatic hydroxyl groups is 1. The fraction of sp³-hybridized carbons (Fsp3) is 0.500. The zero-order valence-corrected chi connectivity index (χ0v) is 13.6. The van der Waals surface area contributed by atoms with E-state index in [0.29, 0.717) is 0 Å². The molecule has 0 aliphatic rings. The number of H-pyrrole nitrogens is 1. The van der Waals surface area contributed by atoms with Gasteiger partial charge in [0.2, 0.25) is 3.79 Å². The highest BCUT2D eigenvalue weighted by Gasteiger charge is 2.36. The van der Waals surface area contributed by atoms with Crippen LogP contribution >= 0.6 is 34.8 Å². The lowest BCUT2D eigenvalue weighted by atomic mass is 10.4. The number of carbonyl (C=O) groups is 1. The van der Waals surface area contributed by atoms with Crippen LogP contribution in [0, 0.1) is 6.92 Å². The molecule has 0 spiro atoms. The first-order valence-electron chi connectivity index (χ1n) is 5.34. The maximum Gasteiger partial charge on any atom is 0.408 e. The maximum atomic E-state index is 11.7. The second kappa shape index (κ2) is 8.28. The Balaban J connectivity index is 0.00000191. The summed E-state index contributed by atoms with van der Waals surface area (Å²) < 4.78 is 3.24. The van der Waals surface area contributed by atoms with Gasteiger partial charge >= 0.3 is 11.8 Å². The molecule has 1 heterocycles. The molecule has 0 bridgehead atoms. The molecule has 1 rings (SSSR count). The number of rotatable bonds is 2. The van der Waals surface area contributed by atoms with Crippen molar-refractivity contribution in [1.82, 2.24) is 14.9 Å². The summed E-state index contributed by atoms with van der Waals surface area (Å²) in [7, 11) is 2.12. The highest BCUT2D eigenvalue weighted by atomic mass is 35.6. The molecule has 8 nitrogen and oxygen atoms in total. The molecule has 0 radical (unpaired) electrons. The van der Waals surface area contributed by atoms with E-state index in [1.165, 1.54) is 13.1 Å². The van der Waals surface area contributed by atoms with Crippen LogP contribution in [0.25, 0.3) is 0 Å². The average Bonchev–Trinajstić information content (AvgIpc) is 2.41. The lowest BCUT2D eigenvalue weighted by molar-refractivity contribution is 0.161. The minimum absolute atomic E-state index is 0.213. The quantitative estimate of drug-likeness (QED) is 0.670. The number of hydrogen-bond donors (Lipinski definition) is 3. The number of alkyl halides is 3. The predicted octanol–water partition coefficient (Wildman–Crippen LogP) is 0.678. The first-order valence-corrected chi connectivity index (χ1v) is 6.48. The Labute approximate surface area is 134 Å². The van der Waals surface area contributed by atoms with Gasteiger partial charge in [-0.05, 0) is 6.92 Å². The molecule has 120 valence electrons. The van der Waals surface area contributed by atoms with E-state index in [1.807, 2.05) is 4.98 Å². The molecule has 1 atom stereocenters. The van der Waals surface area contributed by atoms with Crippen LogP contribution in [0.15, 0.2) is 15.8 Å². The Hall–Kier alpha value is -1.22. The molecule has 0 aliphatic carbocycles. The summed E-state index contributed by atoms with van der Waals surface area (Å²) in [6, 6.07) is 0. The van der Waals surface area contributed by atoms with Gasteiger partial charge in [-0.1, -0.05) is 34.8 Å². The number of alkyl carbamates (subject to hydrolysis) is 1. The minimum atomic E-state index is -2.03. The largest absolute Gasteiger partial charge is 0.453 e. The SMILES string of the molecule is CO.COC(=O)NC(n1cc(C)c(=O)[nH]c1=O)C(Cl)(Cl)Cl. The van der Waals surface area contributed by atoms with Crippen LogP contribution in [0.3, 0.4) is 0 Å². The third kappa shape index (κ3) is 5.58. The molecule has 1 aromatic rings. The van der Waals surface area contributed by atoms with Crippen LogP contribution in [-0.4, -0.2) is 38.8 Å². The third-order valence-corrected chi connectivity index (χ3v) is 2.79. The standard InChI is InChI=1S/C9H10Cl3N3O4.CH4O/c1-4-3-15(7(17)13-5(4)16)6(9(10,11)12)14-8(18)19-2;1-2/h3,6H,1-2H3,(H,14,18)(H,13,16,17);2H,1H3. The zero-order chi connectivity index (χ0) is 16.8. The van der Waals surface area contributed by atoms with Gasteiger partial charge in [0.1, 0.15) is 0 Å². The summed E-state index contributed by atoms with van der Waals surface area (Å²) in [5, 5.41) is 9.19. The Bertz CT molecular complexity index is 593. The van der Waals surface area contributed by atoms with E-state index in [1.54, 1.807) is 0 Å². The highest BCUT2D eigenvalue weighted by molar-refractivity contribution is 6.67. The van der Waals surface area contributed by atoms with E-state index >= 15 is 0 Å². The van der Waals surface area contributed by atoms with Crippen molar-refractivity contribution >= 4 is 40.9 Å². The van der Waals surface area contributed by atoms with E-state index in [-0.39, 0.29) is 5.56 Å². The molecule has 21 heavy (non-hydrogen) atoms. The van der Waals surface area contributed by atoms with Crippen molar-refractivity contribution in [1.29, 1.82) is 0 Å². The summed E-state index contributed by atoms with van der Waals surface area (Å²) >= 11 is 17.1. The minimum Gasteiger partial charge on any atom is -0.453 e. The lowest BCUT2D eigenvalue weighted by Crippen LogP contribution is -2.46. The van der Waals surface area contributed by atoms with Crippen molar-refractivity contribution in [2.45, 2.75) is 16.9 Å². The van der Waals surface area contributed by atoms with E-state index in [0.717, 1.165) is 18.8 Å². The Morgan fingerprint density at radius 3 is 2.38 bits per heavy atom. The van der Waals surface area contributed by atoms with Crippen molar-refractivity contribution in [2.24, 2.45) is 0 Å². The van der Waals surface area contributed by atoms with E-state index in [9.17, 15) is 14.4 Å². The fourth-order valence-corrected chi connectivity index (χ4v) is 1.74. The van der Waals surface area contributed by atoms with Crippen LogP contribution in [-0.2, 0) is 4.74 Å². The Kier molecular flexibility index (Phi) is 7.80. The van der Waals surface area contributed by atoms with Crippen LogP contribution in [0.1, 0.15) is 11.7 Å². The van der Waals surface area contributed by atoms with Gasteiger partial charge in [0.05, 0.1) is 7.11 Å². The van der Waals surface area contributed by atoms with Crippen LogP contribution < -0.4 is 16.6 Å². The summed E-state index contributed by atoms with van der Waals surface area (Å²) in [6.07, 6.45) is -1.07. The van der Waals surface area contributed by atoms with Crippen molar-refractivity contribution in [2.75, 3.05) is 14.2 Å². The number of nitrogens with zero attached hydrogens (tertiary/aromatic N) is 1. The van der Waals surface area contributed by atoms with Crippen LogP contribution in [0.2, 0.25) is 0 Å². The number of methoxy groups -OCH3 is 1. The highest BCUT2D eigenvalue weighted by Crippen LogP contribution is 2.35. The van der Waals surface area contributed by atoms with E-state index in [2.05, 4.69) is 10.1 Å². The van der Waals surface area contributed by atoms with Gasteiger partial charge < -0.3 is 9.84 Å². The third-order valence-electron chi connectivity index (χ3n) is 2.17. The summed E-state index contributed by atoms with van der Waals surface area (Å²) in [6.45, 7) is 1.46. The number of ether oxygens (including phenoxy) is 1. The molecule has 11 heteroatoms. The number of amides is 1.